The van der Waals surface area contributed by atoms with Crippen LogP contribution >= 0.6 is 12.2 Å². The molecule has 3 N–H and O–H groups in total. The molecule has 7 heteroatoms. The van der Waals surface area contributed by atoms with E-state index in [4.69, 9.17) is 12.2 Å². The quantitative estimate of drug-likeness (QED) is 0.543. The van der Waals surface area contributed by atoms with Crippen LogP contribution in [0, 0.1) is 0 Å². The summed E-state index contributed by atoms with van der Waals surface area (Å²) in [5.74, 6) is -0.826. The fraction of sp³-hybridized carbons (Fsp3) is 0.357. The summed E-state index contributed by atoms with van der Waals surface area (Å²) in [6.45, 7) is 2.71. The molecular weight excluding hydrogens is 290 g/mol. The fourth-order valence-corrected chi connectivity index (χ4v) is 1.67. The van der Waals surface area contributed by atoms with Gasteiger partial charge in [-0.25, -0.2) is 0 Å². The molecule has 0 saturated heterocycles. The summed E-state index contributed by atoms with van der Waals surface area (Å²) in [4.78, 5) is 22.7. The van der Waals surface area contributed by atoms with Gasteiger partial charge in [0, 0.05) is 17.8 Å². The number of esters is 1. The second-order valence-corrected chi connectivity index (χ2v) is 4.63. The van der Waals surface area contributed by atoms with E-state index < -0.39 is 5.97 Å². The van der Waals surface area contributed by atoms with Crippen LogP contribution in [0.5, 0.6) is 0 Å². The van der Waals surface area contributed by atoms with E-state index in [9.17, 15) is 9.59 Å². The van der Waals surface area contributed by atoms with E-state index in [0.29, 0.717) is 10.7 Å². The molecule has 0 bridgehead atoms. The smallest absolute Gasteiger partial charge is 0.325 e. The average molecular weight is 309 g/mol. The third-order valence-corrected chi connectivity index (χ3v) is 2.81. The Bertz CT molecular complexity index is 503. The lowest BCUT2D eigenvalue weighted by molar-refractivity contribution is -0.139. The van der Waals surface area contributed by atoms with Gasteiger partial charge >= 0.3 is 5.97 Å². The SMILES string of the molecule is CCCNC(=S)Nc1ccc(C(=O)NCC(=O)OC)cc1. The number of nitrogens with one attached hydrogen (secondary N) is 3. The maximum atomic E-state index is 11.8. The fourth-order valence-electron chi connectivity index (χ4n) is 1.45. The molecule has 0 radical (unpaired) electrons. The van der Waals surface area contributed by atoms with Crippen molar-refractivity contribution in [2.75, 3.05) is 25.5 Å². The highest BCUT2D eigenvalue weighted by Crippen LogP contribution is 2.09. The van der Waals surface area contributed by atoms with Crippen LogP contribution in [0.15, 0.2) is 24.3 Å². The van der Waals surface area contributed by atoms with E-state index in [1.165, 1.54) is 7.11 Å². The molecule has 0 atom stereocenters. The number of carbonyl (C=O) groups is 2. The molecule has 0 aromatic heterocycles. The molecule has 0 fully saturated rings. The molecule has 0 spiro atoms. The normalized spacial score (nSPS) is 9.62. The van der Waals surface area contributed by atoms with Crippen LogP contribution in [-0.2, 0) is 9.53 Å². The summed E-state index contributed by atoms with van der Waals surface area (Å²) in [5, 5.41) is 9.07. The molecule has 0 unspecified atom stereocenters. The largest absolute Gasteiger partial charge is 0.468 e. The van der Waals surface area contributed by atoms with Crippen molar-refractivity contribution in [2.45, 2.75) is 13.3 Å². The summed E-state index contributed by atoms with van der Waals surface area (Å²) in [6, 6.07) is 6.79. The lowest BCUT2D eigenvalue weighted by Crippen LogP contribution is -2.30. The lowest BCUT2D eigenvalue weighted by Gasteiger charge is -2.10. The molecule has 0 saturated carbocycles. The molecule has 6 nitrogen and oxygen atoms in total. The third-order valence-electron chi connectivity index (χ3n) is 2.56. The number of rotatable bonds is 6. The van der Waals surface area contributed by atoms with Crippen molar-refractivity contribution in [3.63, 3.8) is 0 Å². The zero-order valence-corrected chi connectivity index (χ0v) is 12.9. The second-order valence-electron chi connectivity index (χ2n) is 4.22. The van der Waals surface area contributed by atoms with Crippen molar-refractivity contribution >= 4 is 34.9 Å². The average Bonchev–Trinajstić information content (AvgIpc) is 2.50. The molecule has 1 amide bonds. The van der Waals surface area contributed by atoms with Crippen LogP contribution in [0.25, 0.3) is 0 Å². The van der Waals surface area contributed by atoms with Crippen LogP contribution in [-0.4, -0.2) is 37.2 Å². The zero-order chi connectivity index (χ0) is 15.7. The highest BCUT2D eigenvalue weighted by Gasteiger charge is 2.08. The van der Waals surface area contributed by atoms with E-state index in [-0.39, 0.29) is 12.5 Å². The highest BCUT2D eigenvalue weighted by atomic mass is 32.1. The Kier molecular flexibility index (Phi) is 7.17. The summed E-state index contributed by atoms with van der Waals surface area (Å²) in [7, 11) is 1.27. The maximum absolute atomic E-state index is 11.8. The molecule has 0 heterocycles. The molecule has 0 aliphatic rings. The predicted octanol–water partition coefficient (Wildman–Crippen LogP) is 1.29. The number of ether oxygens (including phenoxy) is 1. The number of benzene rings is 1. The van der Waals surface area contributed by atoms with Crippen molar-refractivity contribution in [1.82, 2.24) is 10.6 Å². The number of amides is 1. The number of carbonyl (C=O) groups excluding carboxylic acids is 2. The predicted molar refractivity (Wildman–Crippen MR) is 85.3 cm³/mol. The van der Waals surface area contributed by atoms with Gasteiger partial charge in [-0.1, -0.05) is 6.92 Å². The first-order valence-corrected chi connectivity index (χ1v) is 6.97. The van der Waals surface area contributed by atoms with Crippen LogP contribution < -0.4 is 16.0 Å². The number of anilines is 1. The molecule has 114 valence electrons. The number of hydrogen-bond acceptors (Lipinski definition) is 4. The van der Waals surface area contributed by atoms with Crippen molar-refractivity contribution in [3.8, 4) is 0 Å². The molecule has 0 aliphatic heterocycles. The Morgan fingerprint density at radius 1 is 1.19 bits per heavy atom. The van der Waals surface area contributed by atoms with Gasteiger partial charge in [0.05, 0.1) is 7.11 Å². The first kappa shape index (κ1) is 16.9. The Morgan fingerprint density at radius 3 is 2.43 bits per heavy atom. The van der Waals surface area contributed by atoms with E-state index in [1.807, 2.05) is 0 Å². The highest BCUT2D eigenvalue weighted by molar-refractivity contribution is 7.80. The van der Waals surface area contributed by atoms with Gasteiger partial charge in [0.15, 0.2) is 5.11 Å². The van der Waals surface area contributed by atoms with Crippen molar-refractivity contribution in [3.05, 3.63) is 29.8 Å². The van der Waals surface area contributed by atoms with Crippen LogP contribution in [0.2, 0.25) is 0 Å². The first-order chi connectivity index (χ1) is 10.1. The van der Waals surface area contributed by atoms with Gasteiger partial charge in [0.25, 0.3) is 5.91 Å². The maximum Gasteiger partial charge on any atom is 0.325 e. The molecule has 1 aromatic rings. The minimum Gasteiger partial charge on any atom is -0.468 e. The standard InChI is InChI=1S/C14H19N3O3S/c1-3-8-15-14(21)17-11-6-4-10(5-7-11)13(19)16-9-12(18)20-2/h4-7H,3,8-9H2,1-2H3,(H,16,19)(H2,15,17,21). The van der Waals surface area contributed by atoms with Gasteiger partial charge in [-0.15, -0.1) is 0 Å². The van der Waals surface area contributed by atoms with Crippen LogP contribution in [0.3, 0.4) is 0 Å². The van der Waals surface area contributed by atoms with Gasteiger partial charge in [-0.3, -0.25) is 9.59 Å². The first-order valence-electron chi connectivity index (χ1n) is 6.56. The van der Waals surface area contributed by atoms with E-state index in [1.54, 1.807) is 24.3 Å². The lowest BCUT2D eigenvalue weighted by atomic mass is 10.2. The van der Waals surface area contributed by atoms with Gasteiger partial charge < -0.3 is 20.7 Å². The zero-order valence-electron chi connectivity index (χ0n) is 12.1. The molecule has 1 rings (SSSR count). The molecule has 21 heavy (non-hydrogen) atoms. The minimum atomic E-state index is -0.492. The molecular formula is C14H19N3O3S. The van der Waals surface area contributed by atoms with E-state index >= 15 is 0 Å². The third kappa shape index (κ3) is 6.22. The summed E-state index contributed by atoms with van der Waals surface area (Å²) in [5.41, 5.74) is 1.24. The van der Waals surface area contributed by atoms with Crippen molar-refractivity contribution < 1.29 is 14.3 Å². The van der Waals surface area contributed by atoms with Gasteiger partial charge in [0.1, 0.15) is 6.54 Å². The molecule has 1 aromatic carbocycles. The van der Waals surface area contributed by atoms with Crippen LogP contribution in [0.1, 0.15) is 23.7 Å². The monoisotopic (exact) mass is 309 g/mol. The van der Waals surface area contributed by atoms with Gasteiger partial charge in [0.2, 0.25) is 0 Å². The van der Waals surface area contributed by atoms with E-state index in [0.717, 1.165) is 18.7 Å². The summed E-state index contributed by atoms with van der Waals surface area (Å²) in [6.07, 6.45) is 0.987. The Balaban J connectivity index is 2.51. The van der Waals surface area contributed by atoms with Gasteiger partial charge in [-0.2, -0.15) is 0 Å². The summed E-state index contributed by atoms with van der Waals surface area (Å²) >= 11 is 5.12. The second kappa shape index (κ2) is 8.91. The minimum absolute atomic E-state index is 0.152. The number of methoxy groups -OCH3 is 1. The molecule has 0 aliphatic carbocycles. The topological polar surface area (TPSA) is 79.5 Å². The summed E-state index contributed by atoms with van der Waals surface area (Å²) < 4.78 is 4.45. The van der Waals surface area contributed by atoms with Crippen LogP contribution in [0.4, 0.5) is 5.69 Å². The Labute approximate surface area is 129 Å². The van der Waals surface area contributed by atoms with Crippen molar-refractivity contribution in [2.24, 2.45) is 0 Å². The Hall–Kier alpha value is -2.15. The van der Waals surface area contributed by atoms with E-state index in [2.05, 4.69) is 27.6 Å². The number of hydrogen-bond donors (Lipinski definition) is 3. The van der Waals surface area contributed by atoms with Gasteiger partial charge in [-0.05, 0) is 42.9 Å². The Morgan fingerprint density at radius 2 is 1.86 bits per heavy atom. The van der Waals surface area contributed by atoms with Crippen molar-refractivity contribution in [1.29, 1.82) is 0 Å². The number of thiocarbonyl (C=S) groups is 1.